The molecule has 1 saturated heterocycles. The molecule has 214 valence electrons. The van der Waals surface area contributed by atoms with Gasteiger partial charge in [-0.1, -0.05) is 48.0 Å². The monoisotopic (exact) mass is 582 g/mol. The van der Waals surface area contributed by atoms with Gasteiger partial charge in [0.1, 0.15) is 16.5 Å². The smallest absolute Gasteiger partial charge is 0.368 e. The number of aromatic nitrogens is 1. The number of benzene rings is 3. The van der Waals surface area contributed by atoms with Crippen LogP contribution in [0.1, 0.15) is 37.7 Å². The Bertz CT molecular complexity index is 1420. The van der Waals surface area contributed by atoms with Crippen LogP contribution in [0.2, 0.25) is 0 Å². The van der Waals surface area contributed by atoms with Gasteiger partial charge >= 0.3 is 6.18 Å². The second kappa shape index (κ2) is 12.4. The Labute approximate surface area is 240 Å². The van der Waals surface area contributed by atoms with Crippen molar-refractivity contribution in [3.05, 3.63) is 117 Å². The van der Waals surface area contributed by atoms with Crippen LogP contribution in [0.15, 0.2) is 78.2 Å². The molecule has 0 N–H and O–H groups in total. The molecular weight excluding hydrogens is 552 g/mol. The van der Waals surface area contributed by atoms with E-state index in [0.29, 0.717) is 57.2 Å². The lowest BCUT2D eigenvalue weighted by Crippen LogP contribution is -2.49. The number of aryl methyl sites for hydroxylation is 1. The van der Waals surface area contributed by atoms with Gasteiger partial charge in [0.25, 0.3) is 5.91 Å². The second-order valence-corrected chi connectivity index (χ2v) is 11.2. The van der Waals surface area contributed by atoms with Crippen LogP contribution in [0.25, 0.3) is 0 Å². The van der Waals surface area contributed by atoms with Gasteiger partial charge in [0.15, 0.2) is 0 Å². The van der Waals surface area contributed by atoms with Crippen LogP contribution >= 0.6 is 11.3 Å². The van der Waals surface area contributed by atoms with E-state index in [1.54, 1.807) is 28.5 Å². The minimum atomic E-state index is -4.40. The van der Waals surface area contributed by atoms with E-state index in [1.165, 1.54) is 35.1 Å². The Morgan fingerprint density at radius 3 is 2.17 bits per heavy atom. The maximum absolute atomic E-state index is 13.5. The van der Waals surface area contributed by atoms with Gasteiger partial charge in [0, 0.05) is 50.3 Å². The van der Waals surface area contributed by atoms with E-state index >= 15 is 0 Å². The fraction of sp³-hybridized carbons (Fsp3) is 0.290. The summed E-state index contributed by atoms with van der Waals surface area (Å²) in [6.45, 7) is 5.48. The quantitative estimate of drug-likeness (QED) is 0.215. The molecule has 3 aromatic carbocycles. The molecule has 0 aliphatic carbocycles. The van der Waals surface area contributed by atoms with Crippen molar-refractivity contribution in [2.75, 3.05) is 31.1 Å². The molecule has 0 saturated carbocycles. The van der Waals surface area contributed by atoms with Crippen molar-refractivity contribution in [3.63, 3.8) is 0 Å². The highest BCUT2D eigenvalue weighted by Crippen LogP contribution is 2.32. The first kappa shape index (κ1) is 28.8. The molecule has 4 aromatic rings. The number of amides is 1. The molecule has 5 rings (SSSR count). The lowest BCUT2D eigenvalue weighted by Gasteiger charge is -2.36. The summed E-state index contributed by atoms with van der Waals surface area (Å²) in [7, 11) is 0. The van der Waals surface area contributed by atoms with Crippen LogP contribution in [0.4, 0.5) is 23.2 Å². The topological polar surface area (TPSA) is 39.7 Å². The number of alkyl halides is 3. The molecule has 1 fully saturated rings. The second-order valence-electron chi connectivity index (χ2n) is 10.2. The summed E-state index contributed by atoms with van der Waals surface area (Å²) in [5.41, 5.74) is 3.48. The lowest BCUT2D eigenvalue weighted by molar-refractivity contribution is -0.137. The lowest BCUT2D eigenvalue weighted by atomic mass is 10.1. The first-order valence-corrected chi connectivity index (χ1v) is 14.2. The number of hydrogen-bond acceptors (Lipinski definition) is 5. The van der Waals surface area contributed by atoms with Crippen molar-refractivity contribution in [1.29, 1.82) is 0 Å². The summed E-state index contributed by atoms with van der Waals surface area (Å²) < 4.78 is 52.8. The van der Waals surface area contributed by atoms with Crippen molar-refractivity contribution in [3.8, 4) is 0 Å². The predicted molar refractivity (Wildman–Crippen MR) is 152 cm³/mol. The largest absolute Gasteiger partial charge is 0.416 e. The van der Waals surface area contributed by atoms with Gasteiger partial charge in [-0.15, -0.1) is 11.3 Å². The molecule has 0 unspecified atom stereocenters. The first-order chi connectivity index (χ1) is 19.6. The van der Waals surface area contributed by atoms with Crippen LogP contribution in [-0.2, 0) is 25.8 Å². The molecule has 0 radical (unpaired) electrons. The summed E-state index contributed by atoms with van der Waals surface area (Å²) >= 11 is 1.42. The molecule has 1 aliphatic heterocycles. The molecule has 41 heavy (non-hydrogen) atoms. The predicted octanol–water partition coefficient (Wildman–Crippen LogP) is 6.77. The van der Waals surface area contributed by atoms with Gasteiger partial charge < -0.3 is 9.80 Å². The van der Waals surface area contributed by atoms with Gasteiger partial charge in [-0.3, -0.25) is 9.69 Å². The Balaban J connectivity index is 1.22. The number of rotatable bonds is 8. The van der Waals surface area contributed by atoms with E-state index in [9.17, 15) is 22.4 Å². The summed E-state index contributed by atoms with van der Waals surface area (Å²) in [6.07, 6.45) is -4.40. The van der Waals surface area contributed by atoms with E-state index < -0.39 is 11.7 Å². The Morgan fingerprint density at radius 1 is 0.902 bits per heavy atom. The fourth-order valence-corrected chi connectivity index (χ4v) is 5.66. The number of carbonyl (C=O) groups is 1. The van der Waals surface area contributed by atoms with Gasteiger partial charge in [0.05, 0.1) is 12.1 Å². The zero-order valence-corrected chi connectivity index (χ0v) is 23.4. The van der Waals surface area contributed by atoms with Crippen molar-refractivity contribution in [2.24, 2.45) is 0 Å². The zero-order valence-electron chi connectivity index (χ0n) is 22.6. The van der Waals surface area contributed by atoms with Crippen molar-refractivity contribution >= 4 is 22.9 Å². The highest BCUT2D eigenvalue weighted by molar-refractivity contribution is 7.09. The summed E-state index contributed by atoms with van der Waals surface area (Å²) in [4.78, 5) is 23.6. The van der Waals surface area contributed by atoms with Crippen molar-refractivity contribution in [2.45, 2.75) is 32.7 Å². The van der Waals surface area contributed by atoms with E-state index in [0.717, 1.165) is 28.3 Å². The number of thiazole rings is 1. The van der Waals surface area contributed by atoms with Gasteiger partial charge in [-0.25, -0.2) is 9.37 Å². The number of carbonyl (C=O) groups excluding carboxylic acids is 1. The third-order valence-electron chi connectivity index (χ3n) is 7.08. The third-order valence-corrected chi connectivity index (χ3v) is 7.92. The molecule has 1 aliphatic rings. The van der Waals surface area contributed by atoms with E-state index in [2.05, 4.69) is 34.1 Å². The normalized spacial score (nSPS) is 14.1. The first-order valence-electron chi connectivity index (χ1n) is 13.3. The average Bonchev–Trinajstić information content (AvgIpc) is 3.43. The van der Waals surface area contributed by atoms with Gasteiger partial charge in [0.2, 0.25) is 0 Å². The average molecular weight is 583 g/mol. The molecule has 0 spiro atoms. The third kappa shape index (κ3) is 7.51. The number of piperazine rings is 1. The van der Waals surface area contributed by atoms with E-state index in [-0.39, 0.29) is 11.7 Å². The molecule has 2 heterocycles. The van der Waals surface area contributed by atoms with Gasteiger partial charge in [-0.05, 0) is 48.4 Å². The zero-order chi connectivity index (χ0) is 29.0. The van der Waals surface area contributed by atoms with Crippen LogP contribution in [0.5, 0.6) is 0 Å². The Morgan fingerprint density at radius 2 is 1.54 bits per heavy atom. The minimum absolute atomic E-state index is 0.181. The van der Waals surface area contributed by atoms with Crippen molar-refractivity contribution in [1.82, 2.24) is 14.8 Å². The number of hydrogen-bond donors (Lipinski definition) is 0. The van der Waals surface area contributed by atoms with Crippen LogP contribution in [0, 0.1) is 12.7 Å². The Hall–Kier alpha value is -3.76. The minimum Gasteiger partial charge on any atom is -0.368 e. The van der Waals surface area contributed by atoms with Gasteiger partial charge in [-0.2, -0.15) is 13.2 Å². The fourth-order valence-electron chi connectivity index (χ4n) is 4.85. The van der Waals surface area contributed by atoms with E-state index in [4.69, 9.17) is 0 Å². The van der Waals surface area contributed by atoms with Crippen LogP contribution < -0.4 is 4.90 Å². The SMILES string of the molecule is Cc1ccc(CN(Cc2ccc(F)cc2)Cc2nc(C(=O)N3CCN(c4cccc(C(F)(F)F)c4)CC3)cs2)cc1. The van der Waals surface area contributed by atoms with Crippen molar-refractivity contribution < 1.29 is 22.4 Å². The molecule has 1 aromatic heterocycles. The number of nitrogens with zero attached hydrogens (tertiary/aromatic N) is 4. The summed E-state index contributed by atoms with van der Waals surface area (Å²) in [5, 5.41) is 2.56. The molecule has 10 heteroatoms. The number of halogens is 4. The number of anilines is 1. The summed E-state index contributed by atoms with van der Waals surface area (Å²) in [5.74, 6) is -0.461. The van der Waals surface area contributed by atoms with Crippen LogP contribution in [0.3, 0.4) is 0 Å². The highest BCUT2D eigenvalue weighted by Gasteiger charge is 2.31. The highest BCUT2D eigenvalue weighted by atomic mass is 32.1. The Kier molecular flexibility index (Phi) is 8.70. The maximum Gasteiger partial charge on any atom is 0.416 e. The standard InChI is InChI=1S/C31H30F4N4OS/c1-22-5-7-23(8-6-22)18-37(19-24-9-11-26(32)12-10-24)20-29-36-28(21-41-29)30(40)39-15-13-38(14-16-39)27-4-2-3-25(17-27)31(33,34)35/h2-12,17,21H,13-16,18-20H2,1H3. The molecular formula is C31H30F4N4OS. The molecule has 0 bridgehead atoms. The molecule has 1 amide bonds. The van der Waals surface area contributed by atoms with Crippen LogP contribution in [-0.4, -0.2) is 46.9 Å². The summed E-state index contributed by atoms with van der Waals surface area (Å²) in [6, 6.07) is 20.0. The molecule has 0 atom stereocenters. The van der Waals surface area contributed by atoms with E-state index in [1.807, 2.05) is 11.8 Å². The maximum atomic E-state index is 13.5. The molecule has 5 nitrogen and oxygen atoms in total.